The molecule has 5 N–H and O–H groups in total. The molecule has 1 aromatic rings. The van der Waals surface area contributed by atoms with Gasteiger partial charge in [0.15, 0.2) is 6.10 Å². The molecule has 2 fully saturated rings. The maximum absolute atomic E-state index is 12.6. The average Bonchev–Trinajstić information content (AvgIpc) is 2.96. The molecule has 8 nitrogen and oxygen atoms in total. The third-order valence-electron chi connectivity index (χ3n) is 6.72. The fourth-order valence-electron chi connectivity index (χ4n) is 5.35. The summed E-state index contributed by atoms with van der Waals surface area (Å²) in [5, 5.41) is 29.7. The number of hydrogen-bond donors (Lipinski definition) is 4. The van der Waals surface area contributed by atoms with Gasteiger partial charge in [0.25, 0.3) is 11.8 Å². The zero-order chi connectivity index (χ0) is 23.6. The highest BCUT2D eigenvalue weighted by molar-refractivity contribution is 5.96. The van der Waals surface area contributed by atoms with Crippen molar-refractivity contribution < 1.29 is 24.9 Å². The molecular formula is C24H37N3O5. The summed E-state index contributed by atoms with van der Waals surface area (Å²) in [7, 11) is 0. The normalized spacial score (nSPS) is 24.3. The number of phenols is 1. The van der Waals surface area contributed by atoms with Crippen LogP contribution in [0.2, 0.25) is 0 Å². The van der Waals surface area contributed by atoms with Crippen molar-refractivity contribution in [2.75, 3.05) is 26.2 Å². The first-order chi connectivity index (χ1) is 15.0. The van der Waals surface area contributed by atoms with Crippen LogP contribution in [0.25, 0.3) is 0 Å². The minimum Gasteiger partial charge on any atom is -0.507 e. The number of aliphatic hydroxyl groups is 2. The Labute approximate surface area is 190 Å². The molecule has 3 atom stereocenters. The number of para-hydroxylation sites is 1. The van der Waals surface area contributed by atoms with E-state index in [2.05, 4.69) is 4.90 Å². The topological polar surface area (TPSA) is 127 Å². The molecule has 2 aliphatic heterocycles. The number of nitrogens with zero attached hydrogens (tertiary/aromatic N) is 2. The molecule has 178 valence electrons. The van der Waals surface area contributed by atoms with E-state index in [1.54, 1.807) is 17.0 Å². The summed E-state index contributed by atoms with van der Waals surface area (Å²) in [6.45, 7) is 7.25. The minimum atomic E-state index is -1.39. The van der Waals surface area contributed by atoms with Crippen molar-refractivity contribution in [3.05, 3.63) is 29.3 Å². The number of hydrogen-bond acceptors (Lipinski definition) is 6. The number of fused-ring (bicyclic) bond motifs is 2. The molecule has 0 spiro atoms. The summed E-state index contributed by atoms with van der Waals surface area (Å²) in [5.74, 6) is -0.902. The molecule has 2 unspecified atom stereocenters. The molecular weight excluding hydrogens is 410 g/mol. The Bertz CT molecular complexity index is 823. The van der Waals surface area contributed by atoms with Crippen LogP contribution in [0, 0.1) is 5.41 Å². The van der Waals surface area contributed by atoms with Gasteiger partial charge in [-0.2, -0.15) is 0 Å². The van der Waals surface area contributed by atoms with Crippen molar-refractivity contribution in [3.63, 3.8) is 0 Å². The molecule has 32 heavy (non-hydrogen) atoms. The van der Waals surface area contributed by atoms with Crippen LogP contribution >= 0.6 is 0 Å². The molecule has 2 saturated heterocycles. The summed E-state index contributed by atoms with van der Waals surface area (Å²) < 4.78 is 0. The third kappa shape index (κ3) is 5.42. The Morgan fingerprint density at radius 1 is 1.22 bits per heavy atom. The lowest BCUT2D eigenvalue weighted by Crippen LogP contribution is -2.50. The highest BCUT2D eigenvalue weighted by Crippen LogP contribution is 2.45. The van der Waals surface area contributed by atoms with E-state index in [-0.39, 0.29) is 22.6 Å². The van der Waals surface area contributed by atoms with E-state index < -0.39 is 24.5 Å². The van der Waals surface area contributed by atoms with Crippen LogP contribution in [-0.2, 0) is 4.79 Å². The zero-order valence-corrected chi connectivity index (χ0v) is 19.3. The largest absolute Gasteiger partial charge is 0.507 e. The predicted molar refractivity (Wildman–Crippen MR) is 121 cm³/mol. The Morgan fingerprint density at radius 3 is 2.38 bits per heavy atom. The van der Waals surface area contributed by atoms with E-state index in [1.165, 1.54) is 0 Å². The number of carbonyl (C=O) groups is 2. The van der Waals surface area contributed by atoms with E-state index in [9.17, 15) is 24.9 Å². The first-order valence-corrected chi connectivity index (χ1v) is 11.5. The number of nitrogens with two attached hydrogens (primary N) is 1. The van der Waals surface area contributed by atoms with Gasteiger partial charge in [0.05, 0.1) is 12.2 Å². The van der Waals surface area contributed by atoms with Crippen molar-refractivity contribution in [2.45, 2.75) is 70.6 Å². The van der Waals surface area contributed by atoms with Crippen LogP contribution in [0.1, 0.15) is 68.3 Å². The predicted octanol–water partition coefficient (Wildman–Crippen LogP) is 1.43. The molecule has 2 heterocycles. The number of rotatable bonds is 8. The van der Waals surface area contributed by atoms with Gasteiger partial charge in [0.1, 0.15) is 5.75 Å². The van der Waals surface area contributed by atoms with Gasteiger partial charge in [-0.1, -0.05) is 32.9 Å². The smallest absolute Gasteiger partial charge is 0.253 e. The lowest BCUT2D eigenvalue weighted by molar-refractivity contribution is -0.143. The molecule has 2 aliphatic rings. The van der Waals surface area contributed by atoms with Gasteiger partial charge in [0, 0.05) is 31.7 Å². The lowest BCUT2D eigenvalue weighted by Gasteiger charge is -2.41. The van der Waals surface area contributed by atoms with Gasteiger partial charge in [-0.3, -0.25) is 14.5 Å². The van der Waals surface area contributed by atoms with Crippen molar-refractivity contribution >= 4 is 11.8 Å². The number of benzene rings is 1. The van der Waals surface area contributed by atoms with Crippen LogP contribution in [0.5, 0.6) is 5.75 Å². The van der Waals surface area contributed by atoms with Gasteiger partial charge in [-0.25, -0.2) is 0 Å². The van der Waals surface area contributed by atoms with Gasteiger partial charge in [-0.15, -0.1) is 0 Å². The van der Waals surface area contributed by atoms with Gasteiger partial charge in [-0.05, 0) is 48.6 Å². The molecule has 8 heteroatoms. The molecule has 2 bridgehead atoms. The first-order valence-electron chi connectivity index (χ1n) is 11.5. The van der Waals surface area contributed by atoms with Crippen molar-refractivity contribution in [1.29, 1.82) is 0 Å². The second kappa shape index (κ2) is 9.77. The van der Waals surface area contributed by atoms with Crippen LogP contribution in [-0.4, -0.2) is 81.4 Å². The van der Waals surface area contributed by atoms with Crippen molar-refractivity contribution in [2.24, 2.45) is 11.1 Å². The fraction of sp³-hybridized carbons (Fsp3) is 0.667. The second-order valence-corrected chi connectivity index (χ2v) is 10.4. The number of primary amides is 1. The molecule has 2 amide bonds. The average molecular weight is 448 g/mol. The third-order valence-corrected chi connectivity index (χ3v) is 6.72. The molecule has 0 saturated carbocycles. The van der Waals surface area contributed by atoms with E-state index in [0.717, 1.165) is 31.2 Å². The van der Waals surface area contributed by atoms with Crippen LogP contribution < -0.4 is 5.73 Å². The van der Waals surface area contributed by atoms with Gasteiger partial charge in [0.2, 0.25) is 0 Å². The summed E-state index contributed by atoms with van der Waals surface area (Å²) in [6, 6.07) is 5.87. The highest BCUT2D eigenvalue weighted by Gasteiger charge is 2.42. The number of aliphatic hydroxyl groups excluding tert-OH is 2. The number of amides is 2. The molecule has 0 radical (unpaired) electrons. The standard InChI is InChI=1S/C24H37N3O5/c1-24(2,3)14-26(23(32)20(29)13-28)9-10-27-16-7-8-17(27)12-15(11-16)18-5-4-6-19(21(18)30)22(25)31/h4-6,15-17,20,28-30H,7-14H2,1-3H3,(H2,25,31)/t15?,16?,17?,20-/m0/s1. The van der Waals surface area contributed by atoms with E-state index in [0.29, 0.717) is 31.7 Å². The highest BCUT2D eigenvalue weighted by atomic mass is 16.3. The van der Waals surface area contributed by atoms with E-state index in [1.807, 2.05) is 26.8 Å². The van der Waals surface area contributed by atoms with Crippen molar-refractivity contribution in [1.82, 2.24) is 9.80 Å². The first kappa shape index (κ1) is 24.5. The Kier molecular flexibility index (Phi) is 7.47. The van der Waals surface area contributed by atoms with E-state index in [4.69, 9.17) is 5.73 Å². The quantitative estimate of drug-likeness (QED) is 0.477. The monoisotopic (exact) mass is 447 g/mol. The Hall–Kier alpha value is -2.16. The maximum Gasteiger partial charge on any atom is 0.253 e. The van der Waals surface area contributed by atoms with Crippen LogP contribution in [0.4, 0.5) is 0 Å². The summed E-state index contributed by atoms with van der Waals surface area (Å²) in [4.78, 5) is 28.3. The Morgan fingerprint density at radius 2 is 1.84 bits per heavy atom. The second-order valence-electron chi connectivity index (χ2n) is 10.4. The van der Waals surface area contributed by atoms with Crippen LogP contribution in [0.3, 0.4) is 0 Å². The number of carbonyl (C=O) groups excluding carboxylic acids is 2. The number of piperidine rings is 1. The molecule has 1 aromatic carbocycles. The van der Waals surface area contributed by atoms with Gasteiger partial charge < -0.3 is 26.0 Å². The molecule has 3 rings (SSSR count). The molecule has 0 aromatic heterocycles. The SMILES string of the molecule is CC(C)(C)CN(CCN1C2CCC1CC(c1cccc(C(N)=O)c1O)C2)C(=O)[C@@H](O)CO. The summed E-state index contributed by atoms with van der Waals surface area (Å²) in [5.41, 5.74) is 6.22. The van der Waals surface area contributed by atoms with Crippen LogP contribution in [0.15, 0.2) is 18.2 Å². The summed E-state index contributed by atoms with van der Waals surface area (Å²) >= 11 is 0. The Balaban J connectivity index is 1.69. The van der Waals surface area contributed by atoms with E-state index >= 15 is 0 Å². The molecule has 0 aliphatic carbocycles. The lowest BCUT2D eigenvalue weighted by atomic mass is 9.83. The number of aromatic hydroxyl groups is 1. The zero-order valence-electron chi connectivity index (χ0n) is 19.3. The maximum atomic E-state index is 12.6. The van der Waals surface area contributed by atoms with Crippen molar-refractivity contribution in [3.8, 4) is 5.75 Å². The minimum absolute atomic E-state index is 0.00205. The van der Waals surface area contributed by atoms with Gasteiger partial charge >= 0.3 is 0 Å². The summed E-state index contributed by atoms with van der Waals surface area (Å²) in [6.07, 6.45) is 2.48. The fourth-order valence-corrected chi connectivity index (χ4v) is 5.35.